The van der Waals surface area contributed by atoms with Crippen LogP contribution in [-0.4, -0.2) is 0 Å². The smallest absolute Gasteiger partial charge is 0.000741 e. The molecule has 0 saturated carbocycles. The summed E-state index contributed by atoms with van der Waals surface area (Å²) in [7, 11) is 0. The molecule has 2 aliphatic carbocycles. The van der Waals surface area contributed by atoms with Crippen LogP contribution in [0.5, 0.6) is 0 Å². The predicted molar refractivity (Wildman–Crippen MR) is 247 cm³/mol. The topological polar surface area (TPSA) is 0 Å². The van der Waals surface area contributed by atoms with Gasteiger partial charge in [0.05, 0.1) is 0 Å². The first-order valence-electron chi connectivity index (χ1n) is 20.0. The van der Waals surface area contributed by atoms with Gasteiger partial charge in [-0.15, -0.1) is 0 Å². The van der Waals surface area contributed by atoms with Crippen LogP contribution in [0.1, 0.15) is 97.8 Å². The molecule has 0 nitrogen and oxygen atoms in total. The average Bonchev–Trinajstić information content (AvgIpc) is 3.53. The van der Waals surface area contributed by atoms with Gasteiger partial charge in [0, 0.05) is 0 Å². The molecule has 2 aliphatic rings. The van der Waals surface area contributed by atoms with Crippen molar-refractivity contribution in [3.05, 3.63) is 176 Å². The number of hydrogen-bond acceptors (Lipinski definition) is 0. The van der Waals surface area contributed by atoms with Crippen molar-refractivity contribution < 1.29 is 0 Å². The fourth-order valence-electron chi connectivity index (χ4n) is 7.23. The van der Waals surface area contributed by atoms with Crippen LogP contribution in [0.15, 0.2) is 159 Å². The molecular formula is C54H60. The molecule has 5 aromatic rings. The summed E-state index contributed by atoms with van der Waals surface area (Å²) in [6.07, 6.45) is 28.1. The minimum atomic E-state index is 1.00. The van der Waals surface area contributed by atoms with Crippen molar-refractivity contribution in [1.29, 1.82) is 0 Å². The molecule has 0 aromatic heterocycles. The van der Waals surface area contributed by atoms with Crippen molar-refractivity contribution in [3.8, 4) is 33.4 Å². The second-order valence-corrected chi connectivity index (χ2v) is 13.4. The van der Waals surface area contributed by atoms with E-state index in [9.17, 15) is 0 Å². The third-order valence-electron chi connectivity index (χ3n) is 9.23. The third kappa shape index (κ3) is 8.67. The van der Waals surface area contributed by atoms with Crippen LogP contribution < -0.4 is 0 Å². The third-order valence-corrected chi connectivity index (χ3v) is 9.23. The predicted octanol–water partition coefficient (Wildman–Crippen LogP) is 17.2. The summed E-state index contributed by atoms with van der Waals surface area (Å²) in [5.74, 6) is 0. The minimum absolute atomic E-state index is 1.00. The standard InChI is InChI=1S/C46H38.2C3H8.C2H6/c1-5-7-11-19-31(3)35-27-29-39-44-40(30-28-36(43(35)44)32(4)20-12-8-6-2)46-42(34-23-15-10-16-24-34)38-26-18-17-25-37(38)41(45(39)46)33-21-13-9-14-22-33;2*1-3-2;1-2/h5-9,11-15,17-30H,1,4,10,16H2,2-3H3;2*3H2,1-2H3;1-2H3/b8-6-,11-7-,20-12-,31-19+;;;. The van der Waals surface area contributed by atoms with Gasteiger partial charge in [0.2, 0.25) is 0 Å². The van der Waals surface area contributed by atoms with E-state index in [1.807, 2.05) is 39.0 Å². The number of fused-ring (bicyclic) bond motifs is 4. The molecule has 0 atom stereocenters. The quantitative estimate of drug-likeness (QED) is 0.138. The van der Waals surface area contributed by atoms with E-state index in [2.05, 4.69) is 175 Å². The molecule has 0 radical (unpaired) electrons. The normalized spacial score (nSPS) is 12.9. The number of rotatable bonds is 8. The summed E-state index contributed by atoms with van der Waals surface area (Å²) < 4.78 is 0. The molecule has 0 N–H and O–H groups in total. The zero-order valence-corrected chi connectivity index (χ0v) is 34.1. The van der Waals surface area contributed by atoms with Crippen molar-refractivity contribution in [3.63, 3.8) is 0 Å². The molecule has 0 bridgehead atoms. The van der Waals surface area contributed by atoms with Gasteiger partial charge in [0.15, 0.2) is 0 Å². The van der Waals surface area contributed by atoms with E-state index in [1.54, 1.807) is 0 Å². The van der Waals surface area contributed by atoms with E-state index in [0.29, 0.717) is 0 Å². The monoisotopic (exact) mass is 708 g/mol. The van der Waals surface area contributed by atoms with Gasteiger partial charge in [-0.3, -0.25) is 0 Å². The molecule has 0 heterocycles. The zero-order valence-electron chi connectivity index (χ0n) is 34.1. The molecule has 0 heteroatoms. The Hall–Kier alpha value is -5.46. The Bertz CT molecular complexity index is 2260. The molecule has 54 heavy (non-hydrogen) atoms. The maximum absolute atomic E-state index is 4.57. The fraction of sp³-hybridized carbons (Fsp3) is 0.222. The van der Waals surface area contributed by atoms with Gasteiger partial charge in [-0.1, -0.05) is 213 Å². The van der Waals surface area contributed by atoms with Crippen LogP contribution in [0.4, 0.5) is 0 Å². The SMILES string of the molecule is C=C/C=C\C=C(/C)c1ccc2c3c(ccc(C(=C)/C=C\C=C/C)c13)-c1c-2c(-c2ccccc2)c2ccccc2c1C1=CCCC=C1.CC.CCC.CCC. The molecular weight excluding hydrogens is 649 g/mol. The Labute approximate surface area is 327 Å². The maximum Gasteiger partial charge on any atom is -0.000741 e. The number of hydrogen-bond donors (Lipinski definition) is 0. The summed E-state index contributed by atoms with van der Waals surface area (Å²) in [4.78, 5) is 0. The molecule has 7 rings (SSSR count). The Balaban J connectivity index is 0.000000752. The minimum Gasteiger partial charge on any atom is -0.0991 e. The molecule has 0 aliphatic heterocycles. The van der Waals surface area contributed by atoms with E-state index in [0.717, 1.165) is 24.0 Å². The highest BCUT2D eigenvalue weighted by molar-refractivity contribution is 6.28. The van der Waals surface area contributed by atoms with Crippen molar-refractivity contribution in [1.82, 2.24) is 0 Å². The lowest BCUT2D eigenvalue weighted by Crippen LogP contribution is -1.96. The lowest BCUT2D eigenvalue weighted by molar-refractivity contribution is 1.04. The van der Waals surface area contributed by atoms with Crippen LogP contribution in [-0.2, 0) is 0 Å². The summed E-state index contributed by atoms with van der Waals surface area (Å²) in [6, 6.07) is 29.2. The van der Waals surface area contributed by atoms with Gasteiger partial charge in [0.1, 0.15) is 0 Å². The van der Waals surface area contributed by atoms with Gasteiger partial charge in [-0.2, -0.15) is 0 Å². The second-order valence-electron chi connectivity index (χ2n) is 13.4. The van der Waals surface area contributed by atoms with Crippen molar-refractivity contribution in [2.45, 2.75) is 81.1 Å². The first kappa shape index (κ1) is 41.3. The van der Waals surface area contributed by atoms with Crippen molar-refractivity contribution >= 4 is 38.3 Å². The average molecular weight is 709 g/mol. The van der Waals surface area contributed by atoms with Crippen LogP contribution >= 0.6 is 0 Å². The summed E-state index contributed by atoms with van der Waals surface area (Å²) >= 11 is 0. The molecule has 0 spiro atoms. The van der Waals surface area contributed by atoms with Gasteiger partial charge in [-0.05, 0) is 115 Å². The fourth-order valence-corrected chi connectivity index (χ4v) is 7.23. The summed E-state index contributed by atoms with van der Waals surface area (Å²) in [5.41, 5.74) is 15.0. The van der Waals surface area contributed by atoms with Gasteiger partial charge in [-0.25, -0.2) is 0 Å². The van der Waals surface area contributed by atoms with E-state index in [-0.39, 0.29) is 0 Å². The number of allylic oxidation sites excluding steroid dienone is 14. The molecule has 0 fully saturated rings. The van der Waals surface area contributed by atoms with E-state index >= 15 is 0 Å². The van der Waals surface area contributed by atoms with Crippen molar-refractivity contribution in [2.75, 3.05) is 0 Å². The molecule has 276 valence electrons. The Morgan fingerprint density at radius 2 is 1.24 bits per heavy atom. The lowest BCUT2D eigenvalue weighted by atomic mass is 9.81. The molecule has 0 amide bonds. The first-order valence-corrected chi connectivity index (χ1v) is 20.0. The Kier molecular flexibility index (Phi) is 15.8. The highest BCUT2D eigenvalue weighted by atomic mass is 14.3. The van der Waals surface area contributed by atoms with Gasteiger partial charge >= 0.3 is 0 Å². The van der Waals surface area contributed by atoms with Crippen molar-refractivity contribution in [2.24, 2.45) is 0 Å². The maximum atomic E-state index is 4.57. The highest BCUT2D eigenvalue weighted by Gasteiger charge is 2.32. The first-order chi connectivity index (χ1) is 26.5. The van der Waals surface area contributed by atoms with Gasteiger partial charge in [0.25, 0.3) is 0 Å². The Morgan fingerprint density at radius 1 is 0.648 bits per heavy atom. The van der Waals surface area contributed by atoms with Crippen LogP contribution in [0, 0.1) is 0 Å². The van der Waals surface area contributed by atoms with E-state index in [1.165, 1.54) is 90.0 Å². The van der Waals surface area contributed by atoms with E-state index in [4.69, 9.17) is 0 Å². The highest BCUT2D eigenvalue weighted by Crippen LogP contribution is 2.58. The molecule has 0 unspecified atom stereocenters. The Morgan fingerprint density at radius 3 is 1.83 bits per heavy atom. The lowest BCUT2D eigenvalue weighted by Gasteiger charge is -2.21. The molecule has 0 saturated heterocycles. The largest absolute Gasteiger partial charge is 0.0991 e. The number of benzene rings is 5. The van der Waals surface area contributed by atoms with E-state index < -0.39 is 0 Å². The summed E-state index contributed by atoms with van der Waals surface area (Å²) in [5, 5.41) is 5.15. The summed E-state index contributed by atoms with van der Waals surface area (Å²) in [6.45, 7) is 25.2. The zero-order chi connectivity index (χ0) is 39.0. The van der Waals surface area contributed by atoms with Crippen LogP contribution in [0.25, 0.3) is 71.6 Å². The van der Waals surface area contributed by atoms with Crippen LogP contribution in [0.2, 0.25) is 0 Å². The van der Waals surface area contributed by atoms with Gasteiger partial charge < -0.3 is 0 Å². The second kappa shape index (κ2) is 20.7. The molecule has 5 aromatic carbocycles. The van der Waals surface area contributed by atoms with Crippen LogP contribution in [0.3, 0.4) is 0 Å².